The van der Waals surface area contributed by atoms with Crippen LogP contribution in [0.4, 0.5) is 0 Å². The maximum atomic E-state index is 4.39. The predicted octanol–water partition coefficient (Wildman–Crippen LogP) is 4.06. The summed E-state index contributed by atoms with van der Waals surface area (Å²) in [6.07, 6.45) is 3.64. The van der Waals surface area contributed by atoms with Crippen molar-refractivity contribution >= 4 is 27.7 Å². The second-order valence-corrected chi connectivity index (χ2v) is 5.96. The number of hydrogen-bond acceptors (Lipinski definition) is 4. The normalized spacial score (nSPS) is 12.4. The Balaban J connectivity index is 2.18. The highest BCUT2D eigenvalue weighted by molar-refractivity contribution is 9.10. The lowest BCUT2D eigenvalue weighted by Gasteiger charge is -2.13. The van der Waals surface area contributed by atoms with E-state index in [9.17, 15) is 0 Å². The summed E-state index contributed by atoms with van der Waals surface area (Å²) in [6.45, 7) is 5.22. The predicted molar refractivity (Wildman–Crippen MR) is 82.4 cm³/mol. The Bertz CT molecular complexity index is 548. The van der Waals surface area contributed by atoms with Crippen LogP contribution in [0, 0.1) is 0 Å². The Morgan fingerprint density at radius 1 is 1.32 bits per heavy atom. The van der Waals surface area contributed by atoms with Crippen molar-refractivity contribution in [1.82, 2.24) is 15.3 Å². The summed E-state index contributed by atoms with van der Waals surface area (Å²) in [4.78, 5) is 8.74. The Hall–Kier alpha value is -0.910. The van der Waals surface area contributed by atoms with Gasteiger partial charge in [-0.2, -0.15) is 0 Å². The third-order valence-corrected chi connectivity index (χ3v) is 4.55. The summed E-state index contributed by atoms with van der Waals surface area (Å²) in [6, 6.07) is 8.38. The topological polar surface area (TPSA) is 37.8 Å². The number of nitrogens with one attached hydrogen (secondary N) is 1. The second-order valence-electron chi connectivity index (χ2n) is 4.10. The molecule has 0 aliphatic heterocycles. The fourth-order valence-corrected chi connectivity index (χ4v) is 3.00. The van der Waals surface area contributed by atoms with E-state index in [1.807, 2.05) is 24.4 Å². The summed E-state index contributed by atoms with van der Waals surface area (Å²) in [5, 5.41) is 5.30. The number of halogens is 1. The van der Waals surface area contributed by atoms with Crippen LogP contribution in [-0.2, 0) is 0 Å². The first kappa shape index (κ1) is 14.5. The van der Waals surface area contributed by atoms with Crippen molar-refractivity contribution in [3.63, 3.8) is 0 Å². The van der Waals surface area contributed by atoms with E-state index in [1.165, 1.54) is 5.56 Å². The molecule has 2 aromatic rings. The molecule has 0 aromatic carbocycles. The third kappa shape index (κ3) is 4.03. The van der Waals surface area contributed by atoms with Gasteiger partial charge in [0, 0.05) is 18.4 Å². The molecule has 0 spiro atoms. The molecule has 1 atom stereocenters. The van der Waals surface area contributed by atoms with Gasteiger partial charge in [0.15, 0.2) is 0 Å². The van der Waals surface area contributed by atoms with Crippen molar-refractivity contribution < 1.29 is 0 Å². The minimum atomic E-state index is 0.333. The van der Waals surface area contributed by atoms with E-state index in [2.05, 4.69) is 51.1 Å². The highest BCUT2D eigenvalue weighted by atomic mass is 79.9. The molecule has 1 N–H and O–H groups in total. The summed E-state index contributed by atoms with van der Waals surface area (Å²) in [7, 11) is 0. The van der Waals surface area contributed by atoms with E-state index in [4.69, 9.17) is 0 Å². The smallest absolute Gasteiger partial charge is 0.116 e. The van der Waals surface area contributed by atoms with Crippen molar-refractivity contribution in [2.75, 3.05) is 6.54 Å². The molecule has 0 aliphatic rings. The number of rotatable bonds is 5. The number of pyridine rings is 2. The van der Waals surface area contributed by atoms with Crippen LogP contribution in [0.15, 0.2) is 51.2 Å². The lowest BCUT2D eigenvalue weighted by Crippen LogP contribution is -2.17. The molecule has 3 nitrogen and oxygen atoms in total. The molecule has 0 radical (unpaired) electrons. The van der Waals surface area contributed by atoms with Crippen LogP contribution in [0.2, 0.25) is 0 Å². The van der Waals surface area contributed by atoms with Gasteiger partial charge in [0.1, 0.15) is 10.1 Å². The molecule has 2 rings (SSSR count). The van der Waals surface area contributed by atoms with E-state index in [0.29, 0.717) is 6.04 Å². The first-order chi connectivity index (χ1) is 9.20. The molecule has 1 unspecified atom stereocenters. The summed E-state index contributed by atoms with van der Waals surface area (Å²) in [5.41, 5.74) is 1.24. The Kier molecular flexibility index (Phi) is 5.36. The Morgan fingerprint density at radius 2 is 2.16 bits per heavy atom. The third-order valence-electron chi connectivity index (χ3n) is 2.70. The average molecular weight is 338 g/mol. The Labute approximate surface area is 126 Å². The monoisotopic (exact) mass is 337 g/mol. The lowest BCUT2D eigenvalue weighted by molar-refractivity contribution is 0.596. The molecule has 0 aliphatic carbocycles. The zero-order chi connectivity index (χ0) is 13.7. The second kappa shape index (κ2) is 7.03. The van der Waals surface area contributed by atoms with Crippen molar-refractivity contribution in [3.05, 3.63) is 46.7 Å². The standard InChI is InChI=1S/C14H16BrN3S/c1-3-16-10(2)11-6-8-17-13(9-11)19-14-12(15)5-4-7-18-14/h4-10,16H,3H2,1-2H3. The molecular weight excluding hydrogens is 322 g/mol. The molecule has 100 valence electrons. The summed E-state index contributed by atoms with van der Waals surface area (Å²) < 4.78 is 0.993. The van der Waals surface area contributed by atoms with Crippen molar-refractivity contribution in [1.29, 1.82) is 0 Å². The van der Waals surface area contributed by atoms with E-state index in [0.717, 1.165) is 21.1 Å². The zero-order valence-corrected chi connectivity index (χ0v) is 13.3. The largest absolute Gasteiger partial charge is 0.310 e. The van der Waals surface area contributed by atoms with Crippen LogP contribution < -0.4 is 5.32 Å². The van der Waals surface area contributed by atoms with E-state index in [1.54, 1.807) is 18.0 Å². The van der Waals surface area contributed by atoms with Crippen LogP contribution in [0.3, 0.4) is 0 Å². The maximum absolute atomic E-state index is 4.39. The number of aromatic nitrogens is 2. The van der Waals surface area contributed by atoms with Crippen LogP contribution in [0.1, 0.15) is 25.5 Å². The summed E-state index contributed by atoms with van der Waals surface area (Å²) >= 11 is 5.07. The maximum Gasteiger partial charge on any atom is 0.116 e. The van der Waals surface area contributed by atoms with Crippen LogP contribution >= 0.6 is 27.7 Å². The highest BCUT2D eigenvalue weighted by Crippen LogP contribution is 2.31. The van der Waals surface area contributed by atoms with Crippen molar-refractivity contribution in [2.24, 2.45) is 0 Å². The van der Waals surface area contributed by atoms with Crippen LogP contribution in [-0.4, -0.2) is 16.5 Å². The first-order valence-electron chi connectivity index (χ1n) is 6.18. The molecule has 0 bridgehead atoms. The lowest BCUT2D eigenvalue weighted by atomic mass is 10.1. The van der Waals surface area contributed by atoms with Crippen molar-refractivity contribution in [2.45, 2.75) is 29.9 Å². The van der Waals surface area contributed by atoms with Gasteiger partial charge in [0.05, 0.1) is 4.47 Å². The quantitative estimate of drug-likeness (QED) is 0.892. The molecule has 0 saturated carbocycles. The van der Waals surface area contributed by atoms with Gasteiger partial charge in [-0.3, -0.25) is 0 Å². The van der Waals surface area contributed by atoms with Gasteiger partial charge < -0.3 is 5.32 Å². The SMILES string of the molecule is CCNC(C)c1ccnc(Sc2ncccc2Br)c1. The van der Waals surface area contributed by atoms with Crippen LogP contribution in [0.25, 0.3) is 0 Å². The van der Waals surface area contributed by atoms with E-state index < -0.39 is 0 Å². The van der Waals surface area contributed by atoms with Gasteiger partial charge in [-0.1, -0.05) is 6.92 Å². The minimum absolute atomic E-state index is 0.333. The summed E-state index contributed by atoms with van der Waals surface area (Å²) in [5.74, 6) is 0. The minimum Gasteiger partial charge on any atom is -0.310 e. The molecule has 2 aromatic heterocycles. The molecule has 0 saturated heterocycles. The molecule has 5 heteroatoms. The van der Waals surface area contributed by atoms with E-state index >= 15 is 0 Å². The fourth-order valence-electron chi connectivity index (χ4n) is 1.72. The van der Waals surface area contributed by atoms with Crippen molar-refractivity contribution in [3.8, 4) is 0 Å². The first-order valence-corrected chi connectivity index (χ1v) is 7.79. The molecule has 0 fully saturated rings. The molecule has 19 heavy (non-hydrogen) atoms. The molecule has 2 heterocycles. The average Bonchev–Trinajstić information content (AvgIpc) is 2.42. The Morgan fingerprint density at radius 3 is 2.89 bits per heavy atom. The van der Waals surface area contributed by atoms with E-state index in [-0.39, 0.29) is 0 Å². The number of nitrogens with zero attached hydrogens (tertiary/aromatic N) is 2. The number of hydrogen-bond donors (Lipinski definition) is 1. The van der Waals surface area contributed by atoms with Crippen LogP contribution in [0.5, 0.6) is 0 Å². The van der Waals surface area contributed by atoms with Gasteiger partial charge in [0.25, 0.3) is 0 Å². The van der Waals surface area contributed by atoms with Gasteiger partial charge in [-0.25, -0.2) is 9.97 Å². The molecular formula is C14H16BrN3S. The van der Waals surface area contributed by atoms with Gasteiger partial charge >= 0.3 is 0 Å². The fraction of sp³-hybridized carbons (Fsp3) is 0.286. The zero-order valence-electron chi connectivity index (χ0n) is 10.9. The van der Waals surface area contributed by atoms with Gasteiger partial charge in [0.2, 0.25) is 0 Å². The van der Waals surface area contributed by atoms with Gasteiger partial charge in [-0.15, -0.1) is 0 Å². The van der Waals surface area contributed by atoms with Gasteiger partial charge in [-0.05, 0) is 71.0 Å². The highest BCUT2D eigenvalue weighted by Gasteiger charge is 2.08. The molecule has 0 amide bonds.